The lowest BCUT2D eigenvalue weighted by Crippen LogP contribution is -2.40. The fraction of sp³-hybridized carbons (Fsp3) is 0.533. The average Bonchev–Trinajstić information content (AvgIpc) is 3.14. The average molecular weight is 410 g/mol. The molecule has 1 fully saturated rings. The van der Waals surface area contributed by atoms with Crippen LogP contribution in [0.4, 0.5) is 5.82 Å². The van der Waals surface area contributed by atoms with Gasteiger partial charge in [0.2, 0.25) is 0 Å². The summed E-state index contributed by atoms with van der Waals surface area (Å²) in [5, 5.41) is 6.86. The number of carbonyl (C=O) groups is 4. The van der Waals surface area contributed by atoms with E-state index in [1.807, 2.05) is 0 Å². The van der Waals surface area contributed by atoms with Gasteiger partial charge in [-0.25, -0.2) is 4.68 Å². The third kappa shape index (κ3) is 5.00. The standard InChI is InChI=1S/C15H18N6O8/c1-6(22)26-5-10-11(27-7(2)23)12(28-8(3)24)15(29-10)21-13(16)9(4-18-21)14(25)19-20-17/h4,10-12,15H,5,16H2,1-3H3/t10-,11-,12-,15-/m1/s1. The van der Waals surface area contributed by atoms with Crippen molar-refractivity contribution < 1.29 is 38.1 Å². The van der Waals surface area contributed by atoms with Gasteiger partial charge in [0.25, 0.3) is 5.91 Å². The number of nitrogens with two attached hydrogens (primary N) is 1. The molecule has 1 aromatic heterocycles. The van der Waals surface area contributed by atoms with Crippen LogP contribution in [-0.4, -0.2) is 58.5 Å². The SMILES string of the molecule is CC(=O)OC[C@H]1O[C@@H](n2ncc(C(=O)N=[N+]=[N-])c2N)[C@H](OC(C)=O)[C@@H]1OC(C)=O. The van der Waals surface area contributed by atoms with Crippen LogP contribution >= 0.6 is 0 Å². The molecule has 2 N–H and O–H groups in total. The van der Waals surface area contributed by atoms with E-state index in [1.54, 1.807) is 0 Å². The maximum Gasteiger partial charge on any atom is 0.303 e. The second-order valence-electron chi connectivity index (χ2n) is 5.90. The summed E-state index contributed by atoms with van der Waals surface area (Å²) in [5.74, 6) is -3.24. The molecular weight excluding hydrogens is 392 g/mol. The highest BCUT2D eigenvalue weighted by Gasteiger charge is 2.51. The second kappa shape index (κ2) is 9.03. The van der Waals surface area contributed by atoms with Crippen LogP contribution in [0.15, 0.2) is 11.3 Å². The molecule has 1 amide bonds. The van der Waals surface area contributed by atoms with E-state index in [-0.39, 0.29) is 18.0 Å². The molecule has 156 valence electrons. The Balaban J connectivity index is 2.43. The van der Waals surface area contributed by atoms with Crippen molar-refractivity contribution in [3.8, 4) is 0 Å². The minimum absolute atomic E-state index is 0.208. The van der Waals surface area contributed by atoms with Gasteiger partial charge in [-0.2, -0.15) is 5.10 Å². The predicted octanol–water partition coefficient (Wildman–Crippen LogP) is 0.240. The van der Waals surface area contributed by atoms with Gasteiger partial charge in [0, 0.05) is 25.7 Å². The first-order chi connectivity index (χ1) is 13.6. The zero-order valence-corrected chi connectivity index (χ0v) is 15.7. The van der Waals surface area contributed by atoms with Gasteiger partial charge in [0.05, 0.1) is 11.8 Å². The molecule has 0 saturated carbocycles. The van der Waals surface area contributed by atoms with E-state index >= 15 is 0 Å². The maximum atomic E-state index is 11.8. The molecule has 2 heterocycles. The summed E-state index contributed by atoms with van der Waals surface area (Å²) in [6, 6.07) is 0. The van der Waals surface area contributed by atoms with E-state index in [0.29, 0.717) is 0 Å². The molecule has 4 atom stereocenters. The summed E-state index contributed by atoms with van der Waals surface area (Å²) in [6.45, 7) is 3.13. The minimum Gasteiger partial charge on any atom is -0.463 e. The largest absolute Gasteiger partial charge is 0.463 e. The summed E-state index contributed by atoms with van der Waals surface area (Å²) < 4.78 is 22.1. The number of esters is 3. The number of ether oxygens (including phenoxy) is 4. The quantitative estimate of drug-likeness (QED) is 0.223. The van der Waals surface area contributed by atoms with Crippen molar-refractivity contribution in [2.75, 3.05) is 12.3 Å². The van der Waals surface area contributed by atoms with Crippen LogP contribution in [0.25, 0.3) is 10.4 Å². The molecule has 1 aromatic rings. The van der Waals surface area contributed by atoms with Crippen molar-refractivity contribution in [2.45, 2.75) is 45.3 Å². The monoisotopic (exact) mass is 410 g/mol. The second-order valence-corrected chi connectivity index (χ2v) is 5.90. The Morgan fingerprint density at radius 2 is 1.83 bits per heavy atom. The van der Waals surface area contributed by atoms with Gasteiger partial charge in [0.1, 0.15) is 18.5 Å². The Kier molecular flexibility index (Phi) is 6.75. The summed E-state index contributed by atoms with van der Waals surface area (Å²) in [5.41, 5.74) is 14.1. The van der Waals surface area contributed by atoms with Crippen molar-refractivity contribution >= 4 is 29.6 Å². The Bertz CT molecular complexity index is 876. The van der Waals surface area contributed by atoms with Gasteiger partial charge in [0.15, 0.2) is 18.4 Å². The fourth-order valence-electron chi connectivity index (χ4n) is 2.72. The molecule has 1 aliphatic heterocycles. The molecular formula is C15H18N6O8. The number of aromatic nitrogens is 2. The highest BCUT2D eigenvalue weighted by molar-refractivity contribution is 5.98. The van der Waals surface area contributed by atoms with Crippen LogP contribution < -0.4 is 5.73 Å². The Labute approximate surface area is 163 Å². The van der Waals surface area contributed by atoms with Crippen molar-refractivity contribution in [1.29, 1.82) is 0 Å². The number of anilines is 1. The first-order valence-corrected chi connectivity index (χ1v) is 8.21. The third-order valence-corrected chi connectivity index (χ3v) is 3.78. The van der Waals surface area contributed by atoms with Crippen LogP contribution in [0, 0.1) is 0 Å². The lowest BCUT2D eigenvalue weighted by molar-refractivity contribution is -0.166. The minimum atomic E-state index is -1.23. The summed E-state index contributed by atoms with van der Waals surface area (Å²) in [4.78, 5) is 48.5. The molecule has 0 spiro atoms. The summed E-state index contributed by atoms with van der Waals surface area (Å²) >= 11 is 0. The Morgan fingerprint density at radius 1 is 1.21 bits per heavy atom. The zero-order valence-electron chi connectivity index (χ0n) is 15.7. The molecule has 2 rings (SSSR count). The number of azide groups is 1. The summed E-state index contributed by atoms with van der Waals surface area (Å²) in [6.07, 6.45) is -3.57. The number of hydrogen-bond donors (Lipinski definition) is 1. The molecule has 14 nitrogen and oxygen atoms in total. The first-order valence-electron chi connectivity index (χ1n) is 8.21. The van der Waals surface area contributed by atoms with Gasteiger partial charge >= 0.3 is 17.9 Å². The fourth-order valence-corrected chi connectivity index (χ4v) is 2.72. The molecule has 0 aromatic carbocycles. The third-order valence-electron chi connectivity index (χ3n) is 3.78. The number of amides is 1. The molecule has 29 heavy (non-hydrogen) atoms. The normalized spacial score (nSPS) is 23.0. The zero-order chi connectivity index (χ0) is 21.7. The van der Waals surface area contributed by atoms with E-state index in [2.05, 4.69) is 15.1 Å². The van der Waals surface area contributed by atoms with E-state index in [9.17, 15) is 19.2 Å². The van der Waals surface area contributed by atoms with Gasteiger partial charge in [-0.05, 0) is 10.6 Å². The molecule has 0 bridgehead atoms. The number of nitrogen functional groups attached to an aromatic ring is 1. The Hall–Kier alpha value is -3.64. The number of carbonyl (C=O) groups excluding carboxylic acids is 4. The van der Waals surface area contributed by atoms with E-state index in [1.165, 1.54) is 6.92 Å². The number of rotatable bonds is 6. The summed E-state index contributed by atoms with van der Waals surface area (Å²) in [7, 11) is 0. The highest BCUT2D eigenvalue weighted by atomic mass is 16.7. The van der Waals surface area contributed by atoms with E-state index < -0.39 is 48.4 Å². The van der Waals surface area contributed by atoms with Gasteiger partial charge < -0.3 is 24.7 Å². The van der Waals surface area contributed by atoms with Crippen molar-refractivity contribution in [3.05, 3.63) is 22.2 Å². The maximum absolute atomic E-state index is 11.8. The molecule has 0 radical (unpaired) electrons. The van der Waals surface area contributed by atoms with Crippen LogP contribution in [0.2, 0.25) is 0 Å². The lowest BCUT2D eigenvalue weighted by atomic mass is 10.1. The van der Waals surface area contributed by atoms with Crippen LogP contribution in [0.1, 0.15) is 37.4 Å². The van der Waals surface area contributed by atoms with Gasteiger partial charge in [-0.1, -0.05) is 0 Å². The topological polar surface area (TPSA) is 198 Å². The van der Waals surface area contributed by atoms with E-state index in [0.717, 1.165) is 24.7 Å². The first kappa shape index (κ1) is 21.7. The van der Waals surface area contributed by atoms with Gasteiger partial charge in [-0.15, -0.1) is 0 Å². The van der Waals surface area contributed by atoms with Crippen molar-refractivity contribution in [3.63, 3.8) is 0 Å². The van der Waals surface area contributed by atoms with Crippen molar-refractivity contribution in [2.24, 2.45) is 5.11 Å². The molecule has 14 heteroatoms. The van der Waals surface area contributed by atoms with Crippen LogP contribution in [0.5, 0.6) is 0 Å². The number of nitrogens with zero attached hydrogens (tertiary/aromatic N) is 5. The smallest absolute Gasteiger partial charge is 0.303 e. The molecule has 1 aliphatic rings. The van der Waals surface area contributed by atoms with Crippen LogP contribution in [0.3, 0.4) is 0 Å². The number of hydrogen-bond acceptors (Lipinski definition) is 10. The molecule has 1 saturated heterocycles. The predicted molar refractivity (Wildman–Crippen MR) is 91.8 cm³/mol. The molecule has 0 aliphatic carbocycles. The van der Waals surface area contributed by atoms with Gasteiger partial charge in [-0.3, -0.25) is 19.2 Å². The van der Waals surface area contributed by atoms with E-state index in [4.69, 9.17) is 30.2 Å². The highest BCUT2D eigenvalue weighted by Crippen LogP contribution is 2.36. The van der Waals surface area contributed by atoms with Crippen LogP contribution in [-0.2, 0) is 33.3 Å². The molecule has 0 unspecified atom stereocenters. The lowest BCUT2D eigenvalue weighted by Gasteiger charge is -2.23. The van der Waals surface area contributed by atoms with Crippen molar-refractivity contribution in [1.82, 2.24) is 9.78 Å². The Morgan fingerprint density at radius 3 is 2.38 bits per heavy atom.